The smallest absolute Gasteiger partial charge is 0.119 e. The zero-order valence-corrected chi connectivity index (χ0v) is 20.7. The molecule has 1 heteroatoms. The zero-order chi connectivity index (χ0) is 21.9. The minimum atomic E-state index is 0.554. The Morgan fingerprint density at radius 1 is 0.467 bits per heavy atom. The minimum absolute atomic E-state index is 0.554. The van der Waals surface area contributed by atoms with Crippen LogP contribution in [0.3, 0.4) is 0 Å². The van der Waals surface area contributed by atoms with Gasteiger partial charge in [-0.3, -0.25) is 0 Å². The van der Waals surface area contributed by atoms with Crippen LogP contribution in [0.25, 0.3) is 0 Å². The van der Waals surface area contributed by atoms with Crippen molar-refractivity contribution >= 4 is 0 Å². The highest BCUT2D eigenvalue weighted by atomic mass is 16.3. The Balaban J connectivity index is 2.63. The SMILES string of the molecule is CCCCCCCCCCc1c(O)ccc(CCCCCC)c1CCCCCCC. The van der Waals surface area contributed by atoms with Crippen molar-refractivity contribution in [2.75, 3.05) is 0 Å². The normalized spacial score (nSPS) is 11.3. The Morgan fingerprint density at radius 2 is 0.867 bits per heavy atom. The molecule has 0 radical (unpaired) electrons. The fourth-order valence-corrected chi connectivity index (χ4v) is 4.64. The largest absolute Gasteiger partial charge is 0.508 e. The number of hydrogen-bond acceptors (Lipinski definition) is 1. The number of phenolic OH excluding ortho intramolecular Hbond substituents is 1. The highest BCUT2D eigenvalue weighted by Gasteiger charge is 2.13. The lowest BCUT2D eigenvalue weighted by molar-refractivity contribution is 0.463. The van der Waals surface area contributed by atoms with Gasteiger partial charge in [-0.05, 0) is 61.3 Å². The van der Waals surface area contributed by atoms with Gasteiger partial charge in [-0.25, -0.2) is 0 Å². The maximum absolute atomic E-state index is 10.7. The first-order valence-corrected chi connectivity index (χ1v) is 13.6. The predicted molar refractivity (Wildman–Crippen MR) is 135 cm³/mol. The molecule has 0 fully saturated rings. The van der Waals surface area contributed by atoms with Gasteiger partial charge in [0.2, 0.25) is 0 Å². The molecule has 0 aliphatic heterocycles. The molecule has 1 rings (SSSR count). The van der Waals surface area contributed by atoms with Crippen LogP contribution in [0.5, 0.6) is 5.75 Å². The van der Waals surface area contributed by atoms with Crippen LogP contribution in [-0.2, 0) is 19.3 Å². The number of phenols is 1. The maximum atomic E-state index is 10.7. The van der Waals surface area contributed by atoms with E-state index in [1.807, 2.05) is 6.07 Å². The number of rotatable bonds is 20. The first-order valence-electron chi connectivity index (χ1n) is 13.6. The van der Waals surface area contributed by atoms with Gasteiger partial charge in [0, 0.05) is 0 Å². The van der Waals surface area contributed by atoms with E-state index in [-0.39, 0.29) is 0 Å². The molecular weight excluding hydrogens is 364 g/mol. The lowest BCUT2D eigenvalue weighted by atomic mass is 9.89. The molecule has 0 aliphatic carbocycles. The first-order chi connectivity index (χ1) is 14.7. The summed E-state index contributed by atoms with van der Waals surface area (Å²) in [4.78, 5) is 0. The molecule has 1 nitrogen and oxygen atoms in total. The summed E-state index contributed by atoms with van der Waals surface area (Å²) in [7, 11) is 0. The van der Waals surface area contributed by atoms with Crippen molar-refractivity contribution in [3.63, 3.8) is 0 Å². The quantitative estimate of drug-likeness (QED) is 0.210. The monoisotopic (exact) mass is 416 g/mol. The van der Waals surface area contributed by atoms with Crippen LogP contribution in [-0.4, -0.2) is 5.11 Å². The molecule has 0 saturated carbocycles. The van der Waals surface area contributed by atoms with Crippen molar-refractivity contribution in [3.05, 3.63) is 28.8 Å². The summed E-state index contributed by atoms with van der Waals surface area (Å²) in [6.45, 7) is 6.85. The van der Waals surface area contributed by atoms with Crippen molar-refractivity contribution in [3.8, 4) is 5.75 Å². The van der Waals surface area contributed by atoms with Crippen molar-refractivity contribution in [1.29, 1.82) is 0 Å². The molecule has 1 N–H and O–H groups in total. The van der Waals surface area contributed by atoms with Crippen LogP contribution in [0.15, 0.2) is 12.1 Å². The molecule has 0 saturated heterocycles. The molecule has 0 aromatic heterocycles. The minimum Gasteiger partial charge on any atom is -0.508 e. The van der Waals surface area contributed by atoms with Crippen LogP contribution in [0, 0.1) is 0 Å². The van der Waals surface area contributed by atoms with Crippen molar-refractivity contribution in [1.82, 2.24) is 0 Å². The number of benzene rings is 1. The average molecular weight is 417 g/mol. The highest BCUT2D eigenvalue weighted by molar-refractivity contribution is 5.45. The van der Waals surface area contributed by atoms with Gasteiger partial charge in [-0.15, -0.1) is 0 Å². The molecule has 1 aromatic carbocycles. The maximum Gasteiger partial charge on any atom is 0.119 e. The Bertz CT molecular complexity index is 519. The molecule has 0 atom stereocenters. The molecule has 174 valence electrons. The lowest BCUT2D eigenvalue weighted by Crippen LogP contribution is -2.03. The number of hydrogen-bond donors (Lipinski definition) is 1. The first kappa shape index (κ1) is 27.1. The van der Waals surface area contributed by atoms with E-state index in [1.165, 1.54) is 132 Å². The standard InChI is InChI=1S/C29H52O/c1-4-7-10-13-14-15-17-20-23-28-27(22-19-16-11-8-5-2)26(24-25-29(28)30)21-18-12-9-6-3/h24-25,30H,4-23H2,1-3H3. The van der Waals surface area contributed by atoms with E-state index in [0.29, 0.717) is 5.75 Å². The number of aromatic hydroxyl groups is 1. The second-order valence-corrected chi connectivity index (χ2v) is 9.40. The fraction of sp³-hybridized carbons (Fsp3) is 0.793. The van der Waals surface area contributed by atoms with E-state index in [4.69, 9.17) is 0 Å². The topological polar surface area (TPSA) is 20.2 Å². The van der Waals surface area contributed by atoms with Gasteiger partial charge in [-0.1, -0.05) is 117 Å². The molecule has 0 amide bonds. The van der Waals surface area contributed by atoms with Crippen LogP contribution < -0.4 is 0 Å². The van der Waals surface area contributed by atoms with Crippen molar-refractivity contribution < 1.29 is 5.11 Å². The summed E-state index contributed by atoms with van der Waals surface area (Å²) in [5.74, 6) is 0.554. The predicted octanol–water partition coefficient (Wildman–Crippen LogP) is 9.71. The number of aryl methyl sites for hydroxylation is 1. The Hall–Kier alpha value is -0.980. The van der Waals surface area contributed by atoms with E-state index >= 15 is 0 Å². The molecule has 0 bridgehead atoms. The lowest BCUT2D eigenvalue weighted by Gasteiger charge is -2.17. The fourth-order valence-electron chi connectivity index (χ4n) is 4.64. The van der Waals surface area contributed by atoms with E-state index in [9.17, 15) is 5.11 Å². The second kappa shape index (κ2) is 18.8. The van der Waals surface area contributed by atoms with Gasteiger partial charge in [0.15, 0.2) is 0 Å². The van der Waals surface area contributed by atoms with Gasteiger partial charge in [0.25, 0.3) is 0 Å². The molecule has 0 heterocycles. The highest BCUT2D eigenvalue weighted by Crippen LogP contribution is 2.30. The summed E-state index contributed by atoms with van der Waals surface area (Å²) in [5, 5.41) is 10.7. The van der Waals surface area contributed by atoms with Crippen LogP contribution in [0.4, 0.5) is 0 Å². The van der Waals surface area contributed by atoms with Gasteiger partial charge >= 0.3 is 0 Å². The Morgan fingerprint density at radius 3 is 1.40 bits per heavy atom. The van der Waals surface area contributed by atoms with E-state index in [1.54, 1.807) is 0 Å². The molecule has 0 unspecified atom stereocenters. The zero-order valence-electron chi connectivity index (χ0n) is 20.7. The Labute approximate surface area is 189 Å². The van der Waals surface area contributed by atoms with E-state index < -0.39 is 0 Å². The second-order valence-electron chi connectivity index (χ2n) is 9.40. The summed E-state index contributed by atoms with van der Waals surface area (Å²) < 4.78 is 0. The average Bonchev–Trinajstić information content (AvgIpc) is 2.75. The van der Waals surface area contributed by atoms with Gasteiger partial charge in [0.05, 0.1) is 0 Å². The summed E-state index contributed by atoms with van der Waals surface area (Å²) in [5.41, 5.74) is 4.31. The third kappa shape index (κ3) is 12.0. The van der Waals surface area contributed by atoms with Crippen molar-refractivity contribution in [2.45, 2.75) is 149 Å². The summed E-state index contributed by atoms with van der Waals surface area (Å²) in [6, 6.07) is 4.20. The van der Waals surface area contributed by atoms with E-state index in [0.717, 1.165) is 12.8 Å². The van der Waals surface area contributed by atoms with Crippen LogP contribution in [0.2, 0.25) is 0 Å². The molecule has 0 aliphatic rings. The third-order valence-electron chi connectivity index (χ3n) is 6.61. The third-order valence-corrected chi connectivity index (χ3v) is 6.61. The summed E-state index contributed by atoms with van der Waals surface area (Å²) in [6.07, 6.45) is 26.1. The van der Waals surface area contributed by atoms with E-state index in [2.05, 4.69) is 26.8 Å². The van der Waals surface area contributed by atoms with Gasteiger partial charge in [0.1, 0.15) is 5.75 Å². The van der Waals surface area contributed by atoms with Crippen LogP contribution in [0.1, 0.15) is 147 Å². The molecule has 0 spiro atoms. The summed E-state index contributed by atoms with van der Waals surface area (Å²) >= 11 is 0. The molecule has 1 aromatic rings. The number of unbranched alkanes of at least 4 members (excludes halogenated alkanes) is 14. The van der Waals surface area contributed by atoms with Crippen molar-refractivity contribution in [2.24, 2.45) is 0 Å². The van der Waals surface area contributed by atoms with Gasteiger partial charge < -0.3 is 5.11 Å². The van der Waals surface area contributed by atoms with Gasteiger partial charge in [-0.2, -0.15) is 0 Å². The molecule has 30 heavy (non-hydrogen) atoms. The molecular formula is C29H52O. The Kier molecular flexibility index (Phi) is 16.9. The van der Waals surface area contributed by atoms with Crippen LogP contribution >= 0.6 is 0 Å².